The Balaban J connectivity index is 2.39. The van der Waals surface area contributed by atoms with Crippen LogP contribution in [0.3, 0.4) is 0 Å². The van der Waals surface area contributed by atoms with Gasteiger partial charge in [-0.05, 0) is 44.4 Å². The highest BCUT2D eigenvalue weighted by Crippen LogP contribution is 2.34. The minimum absolute atomic E-state index is 0.0115. The van der Waals surface area contributed by atoms with Gasteiger partial charge in [0, 0.05) is 17.6 Å². The highest BCUT2D eigenvalue weighted by molar-refractivity contribution is 6.31. The van der Waals surface area contributed by atoms with E-state index in [1.807, 2.05) is 12.1 Å². The smallest absolute Gasteiger partial charge is 0.354 e. The molecule has 0 saturated carbocycles. The van der Waals surface area contributed by atoms with Crippen LogP contribution in [0.4, 0.5) is 11.4 Å². The Morgan fingerprint density at radius 2 is 2.04 bits per heavy atom. The van der Waals surface area contributed by atoms with Crippen molar-refractivity contribution in [2.45, 2.75) is 32.2 Å². The Labute approximate surface area is 152 Å². The van der Waals surface area contributed by atoms with Crippen molar-refractivity contribution < 1.29 is 19.1 Å². The number of nitrogens with one attached hydrogen (secondary N) is 1. The second-order valence-corrected chi connectivity index (χ2v) is 6.33. The molecular weight excluding hydrogens is 344 g/mol. The zero-order valence-corrected chi connectivity index (χ0v) is 15.4. The summed E-state index contributed by atoms with van der Waals surface area (Å²) in [4.78, 5) is 25.8. The zero-order chi connectivity index (χ0) is 18.4. The fraction of sp³-hybridized carbons (Fsp3) is 0.444. The van der Waals surface area contributed by atoms with Crippen LogP contribution in [0.1, 0.15) is 26.2 Å². The molecule has 25 heavy (non-hydrogen) atoms. The quantitative estimate of drug-likeness (QED) is 0.636. The van der Waals surface area contributed by atoms with Crippen LogP contribution in [0.5, 0.6) is 0 Å². The second-order valence-electron chi connectivity index (χ2n) is 5.90. The standard InChI is InChI=1S/C18H23ClN2O4/c1-12-6-4-5-9-21(12)16-8-7-13(19)10-14(16)20-15(18(23)25-3)11-17(22)24-2/h7-8,10-12,20H,4-6,9H2,1-3H3/b15-11+. The maximum Gasteiger partial charge on any atom is 0.354 e. The molecule has 7 heteroatoms. The third-order valence-corrected chi connectivity index (χ3v) is 4.44. The van der Waals surface area contributed by atoms with E-state index < -0.39 is 11.9 Å². The summed E-state index contributed by atoms with van der Waals surface area (Å²) in [5.41, 5.74) is 1.56. The molecule has 0 aromatic heterocycles. The van der Waals surface area contributed by atoms with Crippen LogP contribution >= 0.6 is 11.6 Å². The zero-order valence-electron chi connectivity index (χ0n) is 14.7. The molecule has 1 atom stereocenters. The molecule has 1 heterocycles. The van der Waals surface area contributed by atoms with Crippen molar-refractivity contribution >= 4 is 34.9 Å². The van der Waals surface area contributed by atoms with E-state index in [0.717, 1.165) is 31.1 Å². The highest BCUT2D eigenvalue weighted by atomic mass is 35.5. The molecule has 1 fully saturated rings. The maximum atomic E-state index is 12.0. The molecule has 1 aromatic rings. The molecule has 6 nitrogen and oxygen atoms in total. The number of ether oxygens (including phenoxy) is 2. The minimum Gasteiger partial charge on any atom is -0.466 e. The van der Waals surface area contributed by atoms with Gasteiger partial charge in [-0.25, -0.2) is 9.59 Å². The van der Waals surface area contributed by atoms with Gasteiger partial charge in [-0.15, -0.1) is 0 Å². The van der Waals surface area contributed by atoms with Crippen molar-refractivity contribution in [2.75, 3.05) is 31.0 Å². The van der Waals surface area contributed by atoms with E-state index in [0.29, 0.717) is 16.8 Å². The number of benzene rings is 1. The second kappa shape index (κ2) is 8.76. The number of hydrogen-bond acceptors (Lipinski definition) is 6. The summed E-state index contributed by atoms with van der Waals surface area (Å²) in [5.74, 6) is -1.31. The number of carbonyl (C=O) groups is 2. The van der Waals surface area contributed by atoms with Crippen molar-refractivity contribution in [3.05, 3.63) is 35.0 Å². The van der Waals surface area contributed by atoms with Gasteiger partial charge < -0.3 is 19.7 Å². The minimum atomic E-state index is -0.664. The molecular formula is C18H23ClN2O4. The summed E-state index contributed by atoms with van der Waals surface area (Å²) >= 11 is 6.14. The van der Waals surface area contributed by atoms with Gasteiger partial charge in [0.1, 0.15) is 5.70 Å². The Hall–Kier alpha value is -2.21. The fourth-order valence-electron chi connectivity index (χ4n) is 2.89. The van der Waals surface area contributed by atoms with Crippen molar-refractivity contribution in [1.29, 1.82) is 0 Å². The van der Waals surface area contributed by atoms with Crippen LogP contribution in [0.15, 0.2) is 30.0 Å². The molecule has 0 radical (unpaired) electrons. The first kappa shape index (κ1) is 19.1. The van der Waals surface area contributed by atoms with Gasteiger partial charge in [0.25, 0.3) is 0 Å². The number of esters is 2. The number of piperidine rings is 1. The number of anilines is 2. The molecule has 2 rings (SSSR count). The predicted molar refractivity (Wildman–Crippen MR) is 97.8 cm³/mol. The van der Waals surface area contributed by atoms with Crippen LogP contribution in [0.25, 0.3) is 0 Å². The van der Waals surface area contributed by atoms with E-state index in [-0.39, 0.29) is 5.70 Å². The third kappa shape index (κ3) is 4.89. The van der Waals surface area contributed by atoms with Crippen molar-refractivity contribution in [3.63, 3.8) is 0 Å². The molecule has 1 aliphatic rings. The van der Waals surface area contributed by atoms with Crippen LogP contribution in [-0.4, -0.2) is 38.7 Å². The predicted octanol–water partition coefficient (Wildman–Crippen LogP) is 3.36. The number of nitrogens with zero attached hydrogens (tertiary/aromatic N) is 1. The summed E-state index contributed by atoms with van der Waals surface area (Å²) in [6, 6.07) is 5.83. The van der Waals surface area contributed by atoms with Gasteiger partial charge in [-0.2, -0.15) is 0 Å². The molecule has 0 aliphatic carbocycles. The SMILES string of the molecule is COC(=O)/C=C(/Nc1cc(Cl)ccc1N1CCCCC1C)C(=O)OC. The van der Waals surface area contributed by atoms with E-state index in [2.05, 4.69) is 21.9 Å². The average molecular weight is 367 g/mol. The maximum absolute atomic E-state index is 12.0. The van der Waals surface area contributed by atoms with Gasteiger partial charge in [-0.1, -0.05) is 11.6 Å². The summed E-state index contributed by atoms with van der Waals surface area (Å²) in [6.07, 6.45) is 4.47. The molecule has 1 aliphatic heterocycles. The Bertz CT molecular complexity index is 675. The van der Waals surface area contributed by atoms with E-state index in [9.17, 15) is 9.59 Å². The molecule has 136 valence electrons. The van der Waals surface area contributed by atoms with Gasteiger partial charge in [0.05, 0.1) is 31.7 Å². The first-order chi connectivity index (χ1) is 12.0. The first-order valence-electron chi connectivity index (χ1n) is 8.17. The van der Waals surface area contributed by atoms with Crippen molar-refractivity contribution in [2.24, 2.45) is 0 Å². The normalized spacial score (nSPS) is 17.8. The lowest BCUT2D eigenvalue weighted by Gasteiger charge is -2.36. The van der Waals surface area contributed by atoms with Gasteiger partial charge in [0.2, 0.25) is 0 Å². The largest absolute Gasteiger partial charge is 0.466 e. The van der Waals surface area contributed by atoms with E-state index in [1.54, 1.807) is 6.07 Å². The Morgan fingerprint density at radius 1 is 1.28 bits per heavy atom. The summed E-state index contributed by atoms with van der Waals surface area (Å²) < 4.78 is 9.34. The monoisotopic (exact) mass is 366 g/mol. The molecule has 1 unspecified atom stereocenters. The van der Waals surface area contributed by atoms with Crippen LogP contribution in [0.2, 0.25) is 5.02 Å². The number of methoxy groups -OCH3 is 2. The molecule has 1 saturated heterocycles. The van der Waals surface area contributed by atoms with E-state index >= 15 is 0 Å². The van der Waals surface area contributed by atoms with Gasteiger partial charge in [-0.3, -0.25) is 0 Å². The van der Waals surface area contributed by atoms with Crippen LogP contribution in [0, 0.1) is 0 Å². The average Bonchev–Trinajstić information content (AvgIpc) is 2.61. The summed E-state index contributed by atoms with van der Waals surface area (Å²) in [6.45, 7) is 3.09. The molecule has 1 aromatic carbocycles. The first-order valence-corrected chi connectivity index (χ1v) is 8.55. The van der Waals surface area contributed by atoms with Gasteiger partial charge >= 0.3 is 11.9 Å². The van der Waals surface area contributed by atoms with Gasteiger partial charge in [0.15, 0.2) is 0 Å². The van der Waals surface area contributed by atoms with E-state index in [1.165, 1.54) is 20.6 Å². The Morgan fingerprint density at radius 3 is 2.68 bits per heavy atom. The molecule has 0 bridgehead atoms. The van der Waals surface area contributed by atoms with E-state index in [4.69, 9.17) is 16.3 Å². The lowest BCUT2D eigenvalue weighted by Crippen LogP contribution is -2.37. The fourth-order valence-corrected chi connectivity index (χ4v) is 3.06. The molecule has 1 N–H and O–H groups in total. The molecule has 0 spiro atoms. The topological polar surface area (TPSA) is 67.9 Å². The lowest BCUT2D eigenvalue weighted by atomic mass is 10.0. The number of rotatable bonds is 5. The summed E-state index contributed by atoms with van der Waals surface area (Å²) in [5, 5.41) is 3.51. The van der Waals surface area contributed by atoms with Crippen LogP contribution < -0.4 is 10.2 Å². The number of halogens is 1. The molecule has 0 amide bonds. The third-order valence-electron chi connectivity index (χ3n) is 4.21. The number of hydrogen-bond donors (Lipinski definition) is 1. The van der Waals surface area contributed by atoms with Crippen LogP contribution in [-0.2, 0) is 19.1 Å². The number of carbonyl (C=O) groups excluding carboxylic acids is 2. The summed E-state index contributed by atoms with van der Waals surface area (Å²) in [7, 11) is 2.49. The highest BCUT2D eigenvalue weighted by Gasteiger charge is 2.22. The van der Waals surface area contributed by atoms with Crippen molar-refractivity contribution in [3.8, 4) is 0 Å². The lowest BCUT2D eigenvalue weighted by molar-refractivity contribution is -0.138. The van der Waals surface area contributed by atoms with Crippen molar-refractivity contribution in [1.82, 2.24) is 0 Å². The Kier molecular flexibility index (Phi) is 6.70.